The number of ether oxygens (including phenoxy) is 1. The van der Waals surface area contributed by atoms with E-state index in [0.717, 1.165) is 6.42 Å². The van der Waals surface area contributed by atoms with Crippen molar-refractivity contribution in [3.05, 3.63) is 11.6 Å². The summed E-state index contributed by atoms with van der Waals surface area (Å²) in [5.74, 6) is 1.45. The Bertz CT molecular complexity index is 594. The average molecular weight is 373 g/mol. The van der Waals surface area contributed by atoms with E-state index in [1.165, 1.54) is 11.8 Å². The average Bonchev–Trinajstić information content (AvgIpc) is 2.54. The standard InChI is InChI=1S/C18H32N2O4S/c1-13(2)17-10-15(11-18(21)20-5-7-24-8-6-20)14(3)9-16(17)12-19-25(4,22)23/h9,13,15-17,19H,5-8,10-12H2,1-4H3/t15-,16-,17-/m0/s1. The Morgan fingerprint density at radius 3 is 2.56 bits per heavy atom. The van der Waals surface area contributed by atoms with E-state index < -0.39 is 10.0 Å². The normalized spacial score (nSPS) is 28.1. The first-order chi connectivity index (χ1) is 11.7. The van der Waals surface area contributed by atoms with Crippen LogP contribution in [0.5, 0.6) is 0 Å². The third-order valence-corrected chi connectivity index (χ3v) is 6.14. The van der Waals surface area contributed by atoms with E-state index in [1.54, 1.807) is 0 Å². The van der Waals surface area contributed by atoms with Gasteiger partial charge in [0.05, 0.1) is 19.5 Å². The molecule has 0 radical (unpaired) electrons. The summed E-state index contributed by atoms with van der Waals surface area (Å²) >= 11 is 0. The molecule has 2 aliphatic rings. The number of sulfonamides is 1. The molecule has 7 heteroatoms. The first-order valence-electron chi connectivity index (χ1n) is 9.16. The Morgan fingerprint density at radius 1 is 1.36 bits per heavy atom. The summed E-state index contributed by atoms with van der Waals surface area (Å²) in [6, 6.07) is 0. The number of amides is 1. The zero-order valence-electron chi connectivity index (χ0n) is 15.8. The third-order valence-electron chi connectivity index (χ3n) is 5.45. The Hall–Kier alpha value is -0.920. The molecule has 0 aromatic carbocycles. The van der Waals surface area contributed by atoms with E-state index in [1.807, 2.05) is 4.90 Å². The molecule has 0 unspecified atom stereocenters. The second-order valence-electron chi connectivity index (χ2n) is 7.73. The van der Waals surface area contributed by atoms with Gasteiger partial charge in [0, 0.05) is 26.1 Å². The van der Waals surface area contributed by atoms with Gasteiger partial charge in [0.15, 0.2) is 0 Å². The minimum Gasteiger partial charge on any atom is -0.378 e. The summed E-state index contributed by atoms with van der Waals surface area (Å²) in [6.07, 6.45) is 4.86. The minimum atomic E-state index is -3.19. The van der Waals surface area contributed by atoms with E-state index in [4.69, 9.17) is 4.74 Å². The van der Waals surface area contributed by atoms with E-state index >= 15 is 0 Å². The lowest BCUT2D eigenvalue weighted by Gasteiger charge is -2.38. The van der Waals surface area contributed by atoms with E-state index in [0.29, 0.717) is 51.1 Å². The quantitative estimate of drug-likeness (QED) is 0.719. The zero-order valence-corrected chi connectivity index (χ0v) is 16.6. The number of carbonyl (C=O) groups excluding carboxylic acids is 1. The molecule has 0 spiro atoms. The molecular weight excluding hydrogens is 340 g/mol. The smallest absolute Gasteiger partial charge is 0.223 e. The fourth-order valence-corrected chi connectivity index (χ4v) is 4.40. The van der Waals surface area contributed by atoms with Crippen molar-refractivity contribution in [2.24, 2.45) is 23.7 Å². The number of carbonyl (C=O) groups is 1. The van der Waals surface area contributed by atoms with Crippen LogP contribution >= 0.6 is 0 Å². The van der Waals surface area contributed by atoms with Crippen molar-refractivity contribution in [1.29, 1.82) is 0 Å². The number of allylic oxidation sites excluding steroid dienone is 1. The number of hydrogen-bond donors (Lipinski definition) is 1. The molecule has 1 N–H and O–H groups in total. The van der Waals surface area contributed by atoms with Crippen LogP contribution in [0.25, 0.3) is 0 Å². The van der Waals surface area contributed by atoms with Crippen molar-refractivity contribution < 1.29 is 17.9 Å². The lowest BCUT2D eigenvalue weighted by Crippen LogP contribution is -2.42. The van der Waals surface area contributed by atoms with Crippen molar-refractivity contribution in [1.82, 2.24) is 9.62 Å². The van der Waals surface area contributed by atoms with Crippen molar-refractivity contribution >= 4 is 15.9 Å². The van der Waals surface area contributed by atoms with Crippen molar-refractivity contribution in [3.8, 4) is 0 Å². The molecule has 1 amide bonds. The van der Waals surface area contributed by atoms with E-state index in [2.05, 4.69) is 31.6 Å². The molecule has 0 saturated carbocycles. The molecule has 1 aliphatic heterocycles. The highest BCUT2D eigenvalue weighted by molar-refractivity contribution is 7.88. The largest absolute Gasteiger partial charge is 0.378 e. The Kier molecular flexibility index (Phi) is 7.05. The zero-order chi connectivity index (χ0) is 18.6. The molecule has 25 heavy (non-hydrogen) atoms. The van der Waals surface area contributed by atoms with Crippen LogP contribution in [0.15, 0.2) is 11.6 Å². The van der Waals surface area contributed by atoms with Gasteiger partial charge in [-0.1, -0.05) is 25.5 Å². The Balaban J connectivity index is 2.04. The van der Waals surface area contributed by atoms with Gasteiger partial charge in [0.1, 0.15) is 0 Å². The van der Waals surface area contributed by atoms with Crippen LogP contribution < -0.4 is 4.72 Å². The van der Waals surface area contributed by atoms with Gasteiger partial charge in [0.25, 0.3) is 0 Å². The van der Waals surface area contributed by atoms with Crippen LogP contribution in [0.4, 0.5) is 0 Å². The SMILES string of the molecule is CC1=C[C@@H](CNS(C)(=O)=O)[C@H](C(C)C)C[C@H]1CC(=O)N1CCOCC1. The highest BCUT2D eigenvalue weighted by Crippen LogP contribution is 2.39. The lowest BCUT2D eigenvalue weighted by molar-refractivity contribution is -0.136. The summed E-state index contributed by atoms with van der Waals surface area (Å²) < 4.78 is 30.8. The molecule has 1 fully saturated rings. The lowest BCUT2D eigenvalue weighted by atomic mass is 9.70. The number of hydrogen-bond acceptors (Lipinski definition) is 4. The van der Waals surface area contributed by atoms with Crippen molar-refractivity contribution in [3.63, 3.8) is 0 Å². The maximum absolute atomic E-state index is 12.6. The first kappa shape index (κ1) is 20.4. The van der Waals surface area contributed by atoms with Crippen molar-refractivity contribution in [2.75, 3.05) is 39.1 Å². The molecule has 0 aromatic rings. The van der Waals surface area contributed by atoms with Crippen LogP contribution in [0.1, 0.15) is 33.6 Å². The van der Waals surface area contributed by atoms with E-state index in [-0.39, 0.29) is 17.7 Å². The third kappa shape index (κ3) is 6.08. The number of nitrogens with one attached hydrogen (secondary N) is 1. The molecule has 1 saturated heterocycles. The van der Waals surface area contributed by atoms with Gasteiger partial charge >= 0.3 is 0 Å². The van der Waals surface area contributed by atoms with Gasteiger partial charge in [-0.15, -0.1) is 0 Å². The maximum Gasteiger partial charge on any atom is 0.223 e. The van der Waals surface area contributed by atoms with Gasteiger partial charge < -0.3 is 9.64 Å². The summed E-state index contributed by atoms with van der Waals surface area (Å²) in [4.78, 5) is 14.5. The summed E-state index contributed by atoms with van der Waals surface area (Å²) in [6.45, 7) is 9.47. The predicted molar refractivity (Wildman–Crippen MR) is 98.5 cm³/mol. The molecule has 144 valence electrons. The molecule has 1 heterocycles. The summed E-state index contributed by atoms with van der Waals surface area (Å²) in [5, 5.41) is 0. The van der Waals surface area contributed by atoms with Crippen LogP contribution in [0.2, 0.25) is 0 Å². The summed E-state index contributed by atoms with van der Waals surface area (Å²) in [5.41, 5.74) is 1.21. The first-order valence-corrected chi connectivity index (χ1v) is 11.0. The topological polar surface area (TPSA) is 75.7 Å². The summed E-state index contributed by atoms with van der Waals surface area (Å²) in [7, 11) is -3.19. The van der Waals surface area contributed by atoms with Crippen LogP contribution in [0.3, 0.4) is 0 Å². The second kappa shape index (κ2) is 8.64. The van der Waals surface area contributed by atoms with Gasteiger partial charge in [-0.05, 0) is 37.0 Å². The van der Waals surface area contributed by atoms with E-state index in [9.17, 15) is 13.2 Å². The fraction of sp³-hybridized carbons (Fsp3) is 0.833. The molecule has 6 nitrogen and oxygen atoms in total. The molecule has 0 aromatic heterocycles. The maximum atomic E-state index is 12.6. The molecule has 2 rings (SSSR count). The Morgan fingerprint density at radius 2 is 2.00 bits per heavy atom. The number of rotatable bonds is 6. The van der Waals surface area contributed by atoms with Crippen LogP contribution in [-0.4, -0.2) is 58.3 Å². The molecule has 1 aliphatic carbocycles. The van der Waals surface area contributed by atoms with Crippen LogP contribution in [0, 0.1) is 23.7 Å². The predicted octanol–water partition coefficient (Wildman–Crippen LogP) is 1.64. The monoisotopic (exact) mass is 372 g/mol. The second-order valence-corrected chi connectivity index (χ2v) is 9.57. The molecule has 3 atom stereocenters. The van der Waals surface area contributed by atoms with Crippen LogP contribution in [-0.2, 0) is 19.6 Å². The Labute approximate surface area is 152 Å². The highest BCUT2D eigenvalue weighted by Gasteiger charge is 2.33. The number of morpholine rings is 1. The fourth-order valence-electron chi connectivity index (χ4n) is 3.91. The van der Waals surface area contributed by atoms with Gasteiger partial charge in [-0.25, -0.2) is 13.1 Å². The van der Waals surface area contributed by atoms with Gasteiger partial charge in [-0.3, -0.25) is 4.79 Å². The molecular formula is C18H32N2O4S. The molecule has 0 bridgehead atoms. The highest BCUT2D eigenvalue weighted by atomic mass is 32.2. The van der Waals surface area contributed by atoms with Gasteiger partial charge in [0.2, 0.25) is 15.9 Å². The minimum absolute atomic E-state index is 0.185. The number of nitrogens with zero attached hydrogens (tertiary/aromatic N) is 1. The van der Waals surface area contributed by atoms with Gasteiger partial charge in [-0.2, -0.15) is 0 Å². The van der Waals surface area contributed by atoms with Crippen molar-refractivity contribution in [2.45, 2.75) is 33.6 Å².